The normalized spacial score (nSPS) is 19.5. The van der Waals surface area contributed by atoms with Gasteiger partial charge in [-0.1, -0.05) is 6.07 Å². The summed E-state index contributed by atoms with van der Waals surface area (Å²) in [6.45, 7) is 4.31. The number of halogens is 3. The minimum Gasteiger partial charge on any atom is -0.384 e. The van der Waals surface area contributed by atoms with E-state index in [1.54, 1.807) is 6.92 Å². The number of amides is 1. The van der Waals surface area contributed by atoms with Crippen LogP contribution in [0.15, 0.2) is 50.6 Å². The first-order chi connectivity index (χ1) is 18.8. The van der Waals surface area contributed by atoms with E-state index < -0.39 is 47.2 Å². The van der Waals surface area contributed by atoms with Crippen LogP contribution in [0.4, 0.5) is 30.5 Å². The molecule has 0 fully saturated rings. The molecule has 0 bridgehead atoms. The fourth-order valence-electron chi connectivity index (χ4n) is 4.00. The van der Waals surface area contributed by atoms with Crippen molar-refractivity contribution < 1.29 is 22.8 Å². The van der Waals surface area contributed by atoms with E-state index in [0.717, 1.165) is 15.2 Å². The number of nitrogen functional groups attached to an aromatic ring is 1. The lowest BCUT2D eigenvalue weighted by Crippen LogP contribution is -2.45. The van der Waals surface area contributed by atoms with Crippen LogP contribution in [0.3, 0.4) is 0 Å². The van der Waals surface area contributed by atoms with Gasteiger partial charge in [-0.05, 0) is 39.0 Å². The van der Waals surface area contributed by atoms with Gasteiger partial charge in [-0.15, -0.1) is 0 Å². The van der Waals surface area contributed by atoms with Crippen LogP contribution in [0.25, 0.3) is 5.57 Å². The molecule has 0 saturated heterocycles. The molecule has 2 aliphatic rings. The zero-order chi connectivity index (χ0) is 29.4. The molecule has 2 aromatic heterocycles. The van der Waals surface area contributed by atoms with Crippen LogP contribution in [0.2, 0.25) is 0 Å². The Kier molecular flexibility index (Phi) is 7.72. The van der Waals surface area contributed by atoms with Crippen LogP contribution in [0.1, 0.15) is 26.5 Å². The van der Waals surface area contributed by atoms with Crippen molar-refractivity contribution in [2.75, 3.05) is 16.4 Å². The van der Waals surface area contributed by atoms with E-state index in [2.05, 4.69) is 31.4 Å². The topological polar surface area (TPSA) is 170 Å². The quantitative estimate of drug-likeness (QED) is 0.331. The molecular weight excluding hydrogens is 535 g/mol. The lowest BCUT2D eigenvalue weighted by molar-refractivity contribution is -0.116. The number of dihydropyridines is 1. The summed E-state index contributed by atoms with van der Waals surface area (Å²) in [6.07, 6.45) is -2.58. The Balaban J connectivity index is 1.53. The Bertz CT molecular complexity index is 1540. The summed E-state index contributed by atoms with van der Waals surface area (Å²) in [5.41, 5.74) is 6.54. The number of carbonyl (C=O) groups is 1. The number of hydrogen-bond acceptors (Lipinski definition) is 10. The maximum atomic E-state index is 13.4. The molecule has 4 rings (SSSR count). The van der Waals surface area contributed by atoms with Gasteiger partial charge in [0, 0.05) is 18.8 Å². The van der Waals surface area contributed by atoms with Crippen molar-refractivity contribution >= 4 is 34.6 Å². The molecule has 2 unspecified atom stereocenters. The van der Waals surface area contributed by atoms with Crippen LogP contribution in [0.5, 0.6) is 0 Å². The molecule has 0 aliphatic carbocycles. The third-order valence-corrected chi connectivity index (χ3v) is 6.23. The van der Waals surface area contributed by atoms with Gasteiger partial charge in [0.05, 0.1) is 23.9 Å². The van der Waals surface area contributed by atoms with Gasteiger partial charge in [0.1, 0.15) is 29.2 Å². The first-order valence-electron chi connectivity index (χ1n) is 12.1. The monoisotopic (exact) mass is 563 g/mol. The van der Waals surface area contributed by atoms with Crippen molar-refractivity contribution in [3.63, 3.8) is 0 Å². The Morgan fingerprint density at radius 3 is 2.65 bits per heavy atom. The van der Waals surface area contributed by atoms with E-state index in [4.69, 9.17) is 10.6 Å². The number of amidine groups is 1. The molecule has 0 spiro atoms. The Morgan fingerprint density at radius 2 is 2.00 bits per heavy atom. The number of aliphatic imine (C=N–C) groups is 1. The largest absolute Gasteiger partial charge is 0.414 e. The summed E-state index contributed by atoms with van der Waals surface area (Å²) in [5.74, 6) is -0.476. The number of anilines is 3. The fourth-order valence-corrected chi connectivity index (χ4v) is 4.00. The lowest BCUT2D eigenvalue weighted by Gasteiger charge is -2.24. The molecule has 13 nitrogen and oxygen atoms in total. The predicted molar refractivity (Wildman–Crippen MR) is 142 cm³/mol. The standard InChI is InChI=1S/C24H28F3N9O4/c1-11-15(24(25,26)27)8-14(9-29-11)16-6-5-7-17(32-16)33-21(37)12(2)30-19-20(28)35(4)23(39)36(22(19)38)10-18-31-13(3)40-34-18/h5-9,11-13,29-30H,10,28H2,1-4H3,(H,31,34)(H,32,33,37)/t11?,12-,13?/m0/s1. The molecular formula is C24H28F3N9O4. The summed E-state index contributed by atoms with van der Waals surface area (Å²) in [4.78, 5) is 52.2. The second-order valence-electron chi connectivity index (χ2n) is 9.24. The van der Waals surface area contributed by atoms with Gasteiger partial charge in [0.2, 0.25) is 5.91 Å². The Hall–Kier alpha value is -4.60. The molecule has 0 radical (unpaired) electrons. The number of aromatic nitrogens is 3. The van der Waals surface area contributed by atoms with Crippen LogP contribution in [0, 0.1) is 0 Å². The maximum absolute atomic E-state index is 13.4. The van der Waals surface area contributed by atoms with Crippen LogP contribution < -0.4 is 38.4 Å². The third-order valence-electron chi connectivity index (χ3n) is 6.23. The number of hydrogen-bond donors (Lipinski definition) is 5. The van der Waals surface area contributed by atoms with E-state index >= 15 is 0 Å². The number of rotatable bonds is 7. The highest BCUT2D eigenvalue weighted by Gasteiger charge is 2.38. The summed E-state index contributed by atoms with van der Waals surface area (Å²) < 4.78 is 42.0. The van der Waals surface area contributed by atoms with E-state index in [1.165, 1.54) is 45.3 Å². The van der Waals surface area contributed by atoms with E-state index in [0.29, 0.717) is 0 Å². The molecule has 0 aromatic carbocycles. The summed E-state index contributed by atoms with van der Waals surface area (Å²) in [6, 6.07) is 2.55. The zero-order valence-electron chi connectivity index (χ0n) is 22.0. The SMILES string of the molecule is CC1N=C(Cn2c(=O)c(N[C@@H](C)C(=O)Nc3cccc(C4=CNC(C)C(C(F)(F)F)=C4)n3)c(N)n(C)c2=O)NO1. The molecule has 6 N–H and O–H groups in total. The summed E-state index contributed by atoms with van der Waals surface area (Å²) >= 11 is 0. The van der Waals surface area contributed by atoms with Gasteiger partial charge >= 0.3 is 11.9 Å². The van der Waals surface area contributed by atoms with Crippen molar-refractivity contribution in [1.82, 2.24) is 24.9 Å². The number of hydroxylamine groups is 1. The third kappa shape index (κ3) is 5.85. The van der Waals surface area contributed by atoms with Gasteiger partial charge in [0.25, 0.3) is 5.56 Å². The first-order valence-corrected chi connectivity index (χ1v) is 12.1. The number of nitrogens with zero attached hydrogens (tertiary/aromatic N) is 4. The maximum Gasteiger partial charge on any atom is 0.414 e. The summed E-state index contributed by atoms with van der Waals surface area (Å²) in [5, 5.41) is 7.98. The van der Waals surface area contributed by atoms with Crippen molar-refractivity contribution in [1.29, 1.82) is 0 Å². The number of pyridine rings is 1. The van der Waals surface area contributed by atoms with Crippen molar-refractivity contribution in [3.05, 3.63) is 62.6 Å². The smallest absolute Gasteiger partial charge is 0.384 e. The minimum atomic E-state index is -4.52. The molecule has 2 aromatic rings. The molecule has 2 aliphatic heterocycles. The molecule has 0 saturated carbocycles. The molecule has 1 amide bonds. The predicted octanol–water partition coefficient (Wildman–Crippen LogP) is 1.06. The highest BCUT2D eigenvalue weighted by molar-refractivity contribution is 5.96. The van der Waals surface area contributed by atoms with Crippen LogP contribution in [-0.2, 0) is 23.2 Å². The highest BCUT2D eigenvalue weighted by atomic mass is 19.4. The van der Waals surface area contributed by atoms with Crippen molar-refractivity contribution in [3.8, 4) is 0 Å². The number of carbonyl (C=O) groups excluding carboxylic acids is 1. The molecule has 4 heterocycles. The van der Waals surface area contributed by atoms with Crippen LogP contribution >= 0.6 is 0 Å². The van der Waals surface area contributed by atoms with E-state index in [1.807, 2.05) is 0 Å². The van der Waals surface area contributed by atoms with Crippen LogP contribution in [-0.4, -0.2) is 50.3 Å². The van der Waals surface area contributed by atoms with Crippen molar-refractivity contribution in [2.24, 2.45) is 12.0 Å². The second-order valence-corrected chi connectivity index (χ2v) is 9.24. The van der Waals surface area contributed by atoms with Crippen molar-refractivity contribution in [2.45, 2.75) is 51.8 Å². The average Bonchev–Trinajstić information content (AvgIpc) is 3.32. The Labute approximate surface area is 225 Å². The van der Waals surface area contributed by atoms with Gasteiger partial charge in [0.15, 0.2) is 6.23 Å². The van der Waals surface area contributed by atoms with Gasteiger partial charge in [-0.3, -0.25) is 18.7 Å². The molecule has 40 heavy (non-hydrogen) atoms. The van der Waals surface area contributed by atoms with Gasteiger partial charge in [-0.25, -0.2) is 25.1 Å². The molecule has 3 atom stereocenters. The van der Waals surface area contributed by atoms with Gasteiger partial charge < -0.3 is 21.7 Å². The summed E-state index contributed by atoms with van der Waals surface area (Å²) in [7, 11) is 1.37. The number of allylic oxidation sites excluding steroid dienone is 2. The lowest BCUT2D eigenvalue weighted by atomic mass is 10.00. The molecule has 16 heteroatoms. The zero-order valence-corrected chi connectivity index (χ0v) is 22.0. The van der Waals surface area contributed by atoms with E-state index in [9.17, 15) is 27.6 Å². The number of nitrogens with two attached hydrogens (primary N) is 1. The number of nitrogens with one attached hydrogen (secondary N) is 4. The Morgan fingerprint density at radius 1 is 1.27 bits per heavy atom. The number of alkyl halides is 3. The highest BCUT2D eigenvalue weighted by Crippen LogP contribution is 2.33. The minimum absolute atomic E-state index is 0.0721. The first kappa shape index (κ1) is 28.4. The van der Waals surface area contributed by atoms with E-state index in [-0.39, 0.29) is 41.0 Å². The fraction of sp³-hybridized carbons (Fsp3) is 0.375. The second kappa shape index (κ2) is 10.9. The average molecular weight is 564 g/mol. The van der Waals surface area contributed by atoms with Gasteiger partial charge in [-0.2, -0.15) is 13.2 Å². The molecule has 214 valence electrons.